The molecule has 1 rings (SSSR count). The molecule has 0 saturated carbocycles. The largest absolute Gasteiger partial charge is 0.293 e. The zero-order valence-electron chi connectivity index (χ0n) is 9.01. The Morgan fingerprint density at radius 3 is 2.88 bits per heavy atom. The monoisotopic (exact) mass is 239 g/mol. The van der Waals surface area contributed by atoms with Gasteiger partial charge in [0.15, 0.2) is 5.78 Å². The molecule has 0 amide bonds. The topological polar surface area (TPSA) is 60.2 Å². The minimum atomic E-state index is -0.490. The Hall–Kier alpha value is -1.36. The average Bonchev–Trinajstić information content (AvgIpc) is 2.29. The fraction of sp³-hybridized carbons (Fsp3) is 0.364. The van der Waals surface area contributed by atoms with Crippen molar-refractivity contribution in [3.8, 4) is 0 Å². The van der Waals surface area contributed by atoms with Gasteiger partial charge in [-0.3, -0.25) is 14.9 Å². The van der Waals surface area contributed by atoms with Crippen molar-refractivity contribution in [2.75, 3.05) is 11.5 Å². The van der Waals surface area contributed by atoms with Crippen molar-refractivity contribution in [2.45, 2.75) is 13.3 Å². The first kappa shape index (κ1) is 12.7. The molecule has 0 aromatic heterocycles. The highest BCUT2D eigenvalue weighted by Gasteiger charge is 2.10. The SMILES string of the molecule is CCCSCC(=O)c1cccc([N+](=O)[O-])c1. The summed E-state index contributed by atoms with van der Waals surface area (Å²) in [5, 5.41) is 10.5. The number of carbonyl (C=O) groups is 1. The van der Waals surface area contributed by atoms with Gasteiger partial charge in [-0.15, -0.1) is 0 Å². The average molecular weight is 239 g/mol. The van der Waals surface area contributed by atoms with Crippen LogP contribution in [0.25, 0.3) is 0 Å². The molecule has 0 bridgehead atoms. The second-order valence-electron chi connectivity index (χ2n) is 3.28. The number of ketones is 1. The number of hydrogen-bond acceptors (Lipinski definition) is 4. The van der Waals surface area contributed by atoms with Crippen molar-refractivity contribution in [2.24, 2.45) is 0 Å². The number of Topliss-reactive ketones (excluding diaryl/α,β-unsaturated/α-hetero) is 1. The molecule has 0 atom stereocenters. The standard InChI is InChI=1S/C11H13NO3S/c1-2-6-16-8-11(13)9-4-3-5-10(7-9)12(14)15/h3-5,7H,2,6,8H2,1H3. The molecule has 0 fully saturated rings. The maximum Gasteiger partial charge on any atom is 0.270 e. The van der Waals surface area contributed by atoms with Crippen LogP contribution in [0.4, 0.5) is 5.69 Å². The summed E-state index contributed by atoms with van der Waals surface area (Å²) in [5.74, 6) is 1.26. The Morgan fingerprint density at radius 1 is 1.50 bits per heavy atom. The molecule has 0 heterocycles. The summed E-state index contributed by atoms with van der Waals surface area (Å²) < 4.78 is 0. The van der Waals surface area contributed by atoms with E-state index in [1.54, 1.807) is 17.8 Å². The Bertz CT molecular complexity index is 393. The van der Waals surface area contributed by atoms with Gasteiger partial charge in [0, 0.05) is 17.7 Å². The molecule has 4 nitrogen and oxygen atoms in total. The molecule has 0 unspecified atom stereocenters. The van der Waals surface area contributed by atoms with Crippen LogP contribution in [-0.4, -0.2) is 22.2 Å². The van der Waals surface area contributed by atoms with Gasteiger partial charge in [-0.2, -0.15) is 11.8 Å². The summed E-state index contributed by atoms with van der Waals surface area (Å²) in [7, 11) is 0. The molecule has 0 aliphatic heterocycles. The summed E-state index contributed by atoms with van der Waals surface area (Å²) in [6.07, 6.45) is 1.02. The molecule has 86 valence electrons. The molecule has 0 aliphatic rings. The van der Waals surface area contributed by atoms with Gasteiger partial charge in [0.2, 0.25) is 0 Å². The molecule has 0 spiro atoms. The van der Waals surface area contributed by atoms with Gasteiger partial charge in [-0.05, 0) is 12.2 Å². The van der Waals surface area contributed by atoms with Crippen molar-refractivity contribution in [1.82, 2.24) is 0 Å². The second-order valence-corrected chi connectivity index (χ2v) is 4.39. The Morgan fingerprint density at radius 2 is 2.25 bits per heavy atom. The highest BCUT2D eigenvalue weighted by Crippen LogP contribution is 2.15. The first-order valence-corrected chi connectivity index (χ1v) is 6.16. The van der Waals surface area contributed by atoms with Crippen LogP contribution >= 0.6 is 11.8 Å². The lowest BCUT2D eigenvalue weighted by Crippen LogP contribution is -2.03. The molecule has 0 radical (unpaired) electrons. The van der Waals surface area contributed by atoms with Crippen LogP contribution in [0.5, 0.6) is 0 Å². The normalized spacial score (nSPS) is 10.1. The van der Waals surface area contributed by atoms with Crippen molar-refractivity contribution < 1.29 is 9.72 Å². The first-order chi connectivity index (χ1) is 7.65. The lowest BCUT2D eigenvalue weighted by Gasteiger charge is -2.00. The van der Waals surface area contributed by atoms with Gasteiger partial charge >= 0.3 is 0 Å². The van der Waals surface area contributed by atoms with E-state index in [0.717, 1.165) is 12.2 Å². The number of benzene rings is 1. The van der Waals surface area contributed by atoms with Gasteiger partial charge < -0.3 is 0 Å². The molecule has 1 aromatic carbocycles. The molecule has 16 heavy (non-hydrogen) atoms. The van der Waals surface area contributed by atoms with Crippen molar-refractivity contribution in [3.63, 3.8) is 0 Å². The van der Waals surface area contributed by atoms with E-state index in [2.05, 4.69) is 0 Å². The zero-order chi connectivity index (χ0) is 12.0. The van der Waals surface area contributed by atoms with Crippen LogP contribution in [0.3, 0.4) is 0 Å². The van der Waals surface area contributed by atoms with Crippen LogP contribution < -0.4 is 0 Å². The number of nitrogens with zero attached hydrogens (tertiary/aromatic N) is 1. The highest BCUT2D eigenvalue weighted by molar-refractivity contribution is 7.99. The number of hydrogen-bond donors (Lipinski definition) is 0. The third-order valence-corrected chi connectivity index (χ3v) is 3.12. The number of thioether (sulfide) groups is 1. The molecule has 0 N–H and O–H groups in total. The van der Waals surface area contributed by atoms with Crippen LogP contribution in [0, 0.1) is 10.1 Å². The van der Waals surface area contributed by atoms with Crippen LogP contribution in [0.2, 0.25) is 0 Å². The van der Waals surface area contributed by atoms with Crippen molar-refractivity contribution in [3.05, 3.63) is 39.9 Å². The quantitative estimate of drug-likeness (QED) is 0.331. The maximum absolute atomic E-state index is 11.7. The predicted molar refractivity (Wildman–Crippen MR) is 65.0 cm³/mol. The number of carbonyl (C=O) groups excluding carboxylic acids is 1. The highest BCUT2D eigenvalue weighted by atomic mass is 32.2. The fourth-order valence-electron chi connectivity index (χ4n) is 1.19. The fourth-order valence-corrected chi connectivity index (χ4v) is 1.97. The first-order valence-electron chi connectivity index (χ1n) is 5.00. The number of nitro groups is 1. The van der Waals surface area contributed by atoms with E-state index in [1.807, 2.05) is 6.92 Å². The molecule has 1 aromatic rings. The molecule has 0 saturated heterocycles. The van der Waals surface area contributed by atoms with Crippen molar-refractivity contribution >= 4 is 23.2 Å². The smallest absolute Gasteiger partial charge is 0.270 e. The van der Waals surface area contributed by atoms with Gasteiger partial charge in [-0.1, -0.05) is 19.1 Å². The Kier molecular flexibility index (Phi) is 4.98. The predicted octanol–water partition coefficient (Wildman–Crippen LogP) is 2.92. The lowest BCUT2D eigenvalue weighted by molar-refractivity contribution is -0.384. The maximum atomic E-state index is 11.7. The number of non-ortho nitro benzene ring substituents is 1. The van der Waals surface area contributed by atoms with Crippen LogP contribution in [-0.2, 0) is 0 Å². The molecule has 5 heteroatoms. The lowest BCUT2D eigenvalue weighted by atomic mass is 10.1. The number of nitro benzene ring substituents is 1. The van der Waals surface area contributed by atoms with E-state index >= 15 is 0 Å². The van der Waals surface area contributed by atoms with E-state index in [-0.39, 0.29) is 11.5 Å². The second kappa shape index (κ2) is 6.27. The number of rotatable bonds is 6. The van der Waals surface area contributed by atoms with Gasteiger partial charge in [0.05, 0.1) is 10.7 Å². The third kappa shape index (κ3) is 3.66. The summed E-state index contributed by atoms with van der Waals surface area (Å²) >= 11 is 1.55. The Labute approximate surface area is 98.2 Å². The summed E-state index contributed by atoms with van der Waals surface area (Å²) in [5.41, 5.74) is 0.379. The molecular formula is C11H13NO3S. The summed E-state index contributed by atoms with van der Waals surface area (Å²) in [4.78, 5) is 21.7. The summed E-state index contributed by atoms with van der Waals surface area (Å²) in [6.45, 7) is 2.05. The van der Waals surface area contributed by atoms with Gasteiger partial charge in [0.25, 0.3) is 5.69 Å². The minimum Gasteiger partial charge on any atom is -0.293 e. The van der Waals surface area contributed by atoms with E-state index in [9.17, 15) is 14.9 Å². The van der Waals surface area contributed by atoms with E-state index in [1.165, 1.54) is 18.2 Å². The van der Waals surface area contributed by atoms with E-state index < -0.39 is 4.92 Å². The van der Waals surface area contributed by atoms with E-state index in [4.69, 9.17) is 0 Å². The summed E-state index contributed by atoms with van der Waals surface area (Å²) in [6, 6.07) is 5.86. The van der Waals surface area contributed by atoms with Crippen molar-refractivity contribution in [1.29, 1.82) is 0 Å². The van der Waals surface area contributed by atoms with E-state index in [0.29, 0.717) is 11.3 Å². The third-order valence-electron chi connectivity index (χ3n) is 1.96. The van der Waals surface area contributed by atoms with Gasteiger partial charge in [0.1, 0.15) is 0 Å². The van der Waals surface area contributed by atoms with Crippen LogP contribution in [0.15, 0.2) is 24.3 Å². The molecular weight excluding hydrogens is 226 g/mol. The van der Waals surface area contributed by atoms with Gasteiger partial charge in [-0.25, -0.2) is 0 Å². The van der Waals surface area contributed by atoms with Crippen LogP contribution in [0.1, 0.15) is 23.7 Å². The molecule has 0 aliphatic carbocycles. The Balaban J connectivity index is 2.68. The minimum absolute atomic E-state index is 0.0358. The zero-order valence-corrected chi connectivity index (χ0v) is 9.83.